The first kappa shape index (κ1) is 13.2. The summed E-state index contributed by atoms with van der Waals surface area (Å²) in [7, 11) is 3.81. The van der Waals surface area contributed by atoms with Crippen molar-refractivity contribution in [1.29, 1.82) is 0 Å². The molecule has 0 aromatic heterocycles. The number of benzene rings is 1. The van der Waals surface area contributed by atoms with Gasteiger partial charge in [0, 0.05) is 25.2 Å². The van der Waals surface area contributed by atoms with Crippen LogP contribution in [0, 0.1) is 13.8 Å². The van der Waals surface area contributed by atoms with E-state index in [4.69, 9.17) is 16.3 Å². The minimum absolute atomic E-state index is 0.707. The molecular formula is C13H20ClNO. The SMILES string of the molecule is COc1cc(C)c(N(C)CCCCl)cc1C. The van der Waals surface area contributed by atoms with Gasteiger partial charge in [-0.15, -0.1) is 11.6 Å². The normalized spacial score (nSPS) is 10.3. The molecule has 1 aromatic carbocycles. The van der Waals surface area contributed by atoms with E-state index in [1.807, 2.05) is 0 Å². The van der Waals surface area contributed by atoms with E-state index in [9.17, 15) is 0 Å². The van der Waals surface area contributed by atoms with Gasteiger partial charge in [0.05, 0.1) is 7.11 Å². The summed E-state index contributed by atoms with van der Waals surface area (Å²) in [6, 6.07) is 4.25. The lowest BCUT2D eigenvalue weighted by atomic mass is 10.1. The minimum atomic E-state index is 0.707. The lowest BCUT2D eigenvalue weighted by Gasteiger charge is -2.22. The smallest absolute Gasteiger partial charge is 0.122 e. The largest absolute Gasteiger partial charge is 0.496 e. The van der Waals surface area contributed by atoms with E-state index in [0.29, 0.717) is 5.88 Å². The molecule has 90 valence electrons. The zero-order valence-corrected chi connectivity index (χ0v) is 11.3. The molecule has 0 N–H and O–H groups in total. The number of nitrogens with zero attached hydrogens (tertiary/aromatic N) is 1. The predicted molar refractivity (Wildman–Crippen MR) is 71.1 cm³/mol. The number of alkyl halides is 1. The van der Waals surface area contributed by atoms with Crippen molar-refractivity contribution >= 4 is 17.3 Å². The molecule has 3 heteroatoms. The van der Waals surface area contributed by atoms with Crippen LogP contribution < -0.4 is 9.64 Å². The van der Waals surface area contributed by atoms with E-state index in [2.05, 4.69) is 37.9 Å². The van der Waals surface area contributed by atoms with Gasteiger partial charge in [0.25, 0.3) is 0 Å². The lowest BCUT2D eigenvalue weighted by Crippen LogP contribution is -2.20. The van der Waals surface area contributed by atoms with Crippen LogP contribution in [0.4, 0.5) is 5.69 Å². The van der Waals surface area contributed by atoms with Gasteiger partial charge in [-0.1, -0.05) is 0 Å². The quantitative estimate of drug-likeness (QED) is 0.733. The highest BCUT2D eigenvalue weighted by Gasteiger charge is 2.08. The van der Waals surface area contributed by atoms with Gasteiger partial charge in [-0.25, -0.2) is 0 Å². The highest BCUT2D eigenvalue weighted by atomic mass is 35.5. The summed E-state index contributed by atoms with van der Waals surface area (Å²) in [4.78, 5) is 2.24. The Hall–Kier alpha value is -0.890. The standard InChI is InChI=1S/C13H20ClNO/c1-10-9-13(16-4)11(2)8-12(10)15(3)7-5-6-14/h8-9H,5-7H2,1-4H3. The Bertz CT molecular complexity index is 352. The van der Waals surface area contributed by atoms with Gasteiger partial charge in [0.2, 0.25) is 0 Å². The molecule has 0 aliphatic carbocycles. The van der Waals surface area contributed by atoms with Crippen LogP contribution in [-0.2, 0) is 0 Å². The van der Waals surface area contributed by atoms with Crippen molar-refractivity contribution in [2.75, 3.05) is 31.5 Å². The van der Waals surface area contributed by atoms with E-state index >= 15 is 0 Å². The maximum atomic E-state index is 5.71. The van der Waals surface area contributed by atoms with Crippen LogP contribution in [0.25, 0.3) is 0 Å². The maximum Gasteiger partial charge on any atom is 0.122 e. The van der Waals surface area contributed by atoms with Crippen LogP contribution in [0.2, 0.25) is 0 Å². The number of hydrogen-bond donors (Lipinski definition) is 0. The number of rotatable bonds is 5. The van der Waals surface area contributed by atoms with Crippen LogP contribution >= 0.6 is 11.6 Å². The molecule has 0 radical (unpaired) electrons. The van der Waals surface area contributed by atoms with E-state index in [-0.39, 0.29) is 0 Å². The molecule has 0 atom stereocenters. The second-order valence-electron chi connectivity index (χ2n) is 4.07. The monoisotopic (exact) mass is 241 g/mol. The zero-order valence-electron chi connectivity index (χ0n) is 10.5. The van der Waals surface area contributed by atoms with Gasteiger partial charge in [-0.3, -0.25) is 0 Å². The first-order valence-corrected chi connectivity index (χ1v) is 6.06. The van der Waals surface area contributed by atoms with Crippen LogP contribution in [0.5, 0.6) is 5.75 Å². The lowest BCUT2D eigenvalue weighted by molar-refractivity contribution is 0.411. The summed E-state index contributed by atoms with van der Waals surface area (Å²) in [6.07, 6.45) is 1.00. The van der Waals surface area contributed by atoms with Crippen molar-refractivity contribution in [3.05, 3.63) is 23.3 Å². The Balaban J connectivity index is 2.92. The molecule has 2 nitrogen and oxygen atoms in total. The Morgan fingerprint density at radius 3 is 2.50 bits per heavy atom. The second-order valence-corrected chi connectivity index (χ2v) is 4.45. The first-order chi connectivity index (χ1) is 7.60. The fourth-order valence-electron chi connectivity index (χ4n) is 1.82. The molecule has 0 saturated carbocycles. The molecule has 0 bridgehead atoms. The average Bonchev–Trinajstić information content (AvgIpc) is 2.28. The maximum absolute atomic E-state index is 5.71. The number of halogens is 1. The molecule has 0 unspecified atom stereocenters. The van der Waals surface area contributed by atoms with Gasteiger partial charge in [-0.2, -0.15) is 0 Å². The summed E-state index contributed by atoms with van der Waals surface area (Å²) in [5.74, 6) is 1.66. The van der Waals surface area contributed by atoms with Crippen LogP contribution in [0.1, 0.15) is 17.5 Å². The molecule has 1 aromatic rings. The van der Waals surface area contributed by atoms with Crippen LogP contribution in [0.15, 0.2) is 12.1 Å². The summed E-state index contributed by atoms with van der Waals surface area (Å²) in [5, 5.41) is 0. The van der Waals surface area contributed by atoms with E-state index < -0.39 is 0 Å². The molecule has 0 spiro atoms. The number of hydrogen-bond acceptors (Lipinski definition) is 2. The Labute approximate surface area is 103 Å². The van der Waals surface area contributed by atoms with E-state index in [1.165, 1.54) is 16.8 Å². The summed E-state index contributed by atoms with van der Waals surface area (Å²) in [6.45, 7) is 5.15. The molecule has 0 aliphatic heterocycles. The number of aryl methyl sites for hydroxylation is 2. The fourth-order valence-corrected chi connectivity index (χ4v) is 1.94. The molecule has 0 heterocycles. The molecule has 0 saturated heterocycles. The summed E-state index contributed by atoms with van der Waals surface area (Å²) >= 11 is 5.71. The van der Waals surface area contributed by atoms with Crippen molar-refractivity contribution in [2.24, 2.45) is 0 Å². The van der Waals surface area contributed by atoms with Gasteiger partial charge in [0.1, 0.15) is 5.75 Å². The third-order valence-electron chi connectivity index (χ3n) is 2.75. The molecule has 1 rings (SSSR count). The zero-order chi connectivity index (χ0) is 12.1. The van der Waals surface area contributed by atoms with Crippen LogP contribution in [0.3, 0.4) is 0 Å². The van der Waals surface area contributed by atoms with Crippen molar-refractivity contribution in [3.8, 4) is 5.75 Å². The second kappa shape index (κ2) is 6.00. The van der Waals surface area contributed by atoms with Crippen molar-refractivity contribution in [2.45, 2.75) is 20.3 Å². The highest BCUT2D eigenvalue weighted by molar-refractivity contribution is 6.17. The van der Waals surface area contributed by atoms with E-state index in [1.54, 1.807) is 7.11 Å². The summed E-state index contributed by atoms with van der Waals surface area (Å²) < 4.78 is 5.30. The van der Waals surface area contributed by atoms with Gasteiger partial charge in [-0.05, 0) is 43.5 Å². The average molecular weight is 242 g/mol. The number of methoxy groups -OCH3 is 1. The topological polar surface area (TPSA) is 12.5 Å². The van der Waals surface area contributed by atoms with Crippen molar-refractivity contribution in [1.82, 2.24) is 0 Å². The van der Waals surface area contributed by atoms with Crippen LogP contribution in [-0.4, -0.2) is 26.6 Å². The van der Waals surface area contributed by atoms with Gasteiger partial charge < -0.3 is 9.64 Å². The minimum Gasteiger partial charge on any atom is -0.496 e. The third kappa shape index (κ3) is 3.05. The van der Waals surface area contributed by atoms with Crippen molar-refractivity contribution < 1.29 is 4.74 Å². The molecule has 16 heavy (non-hydrogen) atoms. The summed E-state index contributed by atoms with van der Waals surface area (Å²) in [5.41, 5.74) is 3.66. The number of ether oxygens (including phenoxy) is 1. The molecule has 0 aliphatic rings. The molecule has 0 amide bonds. The Kier molecular flexibility index (Phi) is 4.94. The van der Waals surface area contributed by atoms with Gasteiger partial charge >= 0.3 is 0 Å². The molecular weight excluding hydrogens is 222 g/mol. The number of anilines is 1. The fraction of sp³-hybridized carbons (Fsp3) is 0.538. The third-order valence-corrected chi connectivity index (χ3v) is 3.02. The molecule has 0 fully saturated rings. The van der Waals surface area contributed by atoms with Gasteiger partial charge in [0.15, 0.2) is 0 Å². The van der Waals surface area contributed by atoms with Crippen molar-refractivity contribution in [3.63, 3.8) is 0 Å². The Morgan fingerprint density at radius 1 is 1.25 bits per heavy atom. The Morgan fingerprint density at radius 2 is 1.94 bits per heavy atom. The predicted octanol–water partition coefficient (Wildman–Crippen LogP) is 3.38. The first-order valence-electron chi connectivity index (χ1n) is 5.52. The van der Waals surface area contributed by atoms with E-state index in [0.717, 1.165) is 18.7 Å². The highest BCUT2D eigenvalue weighted by Crippen LogP contribution is 2.28.